The van der Waals surface area contributed by atoms with Crippen LogP contribution in [0.2, 0.25) is 0 Å². The summed E-state index contributed by atoms with van der Waals surface area (Å²) in [4.78, 5) is 5.90. The predicted molar refractivity (Wildman–Crippen MR) is 316 cm³/mol. The summed E-state index contributed by atoms with van der Waals surface area (Å²) >= 11 is 0. The number of hydrogen-bond donors (Lipinski definition) is 0. The van der Waals surface area contributed by atoms with Crippen molar-refractivity contribution in [2.24, 2.45) is 40.9 Å². The van der Waals surface area contributed by atoms with E-state index in [2.05, 4.69) is 220 Å². The minimum atomic E-state index is 0.212. The number of benzene rings is 5. The lowest BCUT2D eigenvalue weighted by Crippen LogP contribution is -2.46. The predicted octanol–water partition coefficient (Wildman–Crippen LogP) is 18.5. The fourth-order valence-corrected chi connectivity index (χ4v) is 16.5. The van der Waals surface area contributed by atoms with Crippen LogP contribution < -0.4 is 4.90 Å². The van der Waals surface area contributed by atoms with Gasteiger partial charge in [0.25, 0.3) is 0 Å². The van der Waals surface area contributed by atoms with Gasteiger partial charge in [-0.25, -0.2) is 0 Å². The highest BCUT2D eigenvalue weighted by Crippen LogP contribution is 2.71. The van der Waals surface area contributed by atoms with Crippen molar-refractivity contribution in [3.8, 4) is 11.1 Å². The molecule has 0 aromatic heterocycles. The summed E-state index contributed by atoms with van der Waals surface area (Å²) in [5.41, 5.74) is 31.2. The maximum atomic E-state index is 2.99. The van der Waals surface area contributed by atoms with Gasteiger partial charge in [-0.2, -0.15) is 0 Å². The summed E-state index contributed by atoms with van der Waals surface area (Å²) in [6.45, 7) is 10.4. The van der Waals surface area contributed by atoms with E-state index in [1.807, 2.05) is 5.57 Å². The Morgan fingerprint density at radius 2 is 1.24 bits per heavy atom. The maximum absolute atomic E-state index is 2.99. The minimum absolute atomic E-state index is 0.212. The first-order valence-corrected chi connectivity index (χ1v) is 29.3. The third-order valence-corrected chi connectivity index (χ3v) is 20.3. The zero-order valence-electron chi connectivity index (χ0n) is 45.1. The smallest absolute Gasteiger partial charge is 0.0594 e. The van der Waals surface area contributed by atoms with Crippen molar-refractivity contribution in [2.45, 2.75) is 110 Å². The molecular formula is C74H72N2. The van der Waals surface area contributed by atoms with E-state index in [0.717, 1.165) is 32.1 Å². The van der Waals surface area contributed by atoms with Crippen LogP contribution in [0.5, 0.6) is 0 Å². The van der Waals surface area contributed by atoms with Crippen LogP contribution in [0.15, 0.2) is 244 Å². The number of fused-ring (bicyclic) bond motifs is 3. The molecule has 0 aliphatic heterocycles. The lowest BCUT2D eigenvalue weighted by atomic mass is 9.53. The minimum Gasteiger partial charge on any atom is -0.341 e. The topological polar surface area (TPSA) is 6.48 Å². The fourth-order valence-electron chi connectivity index (χ4n) is 16.5. The van der Waals surface area contributed by atoms with Gasteiger partial charge >= 0.3 is 0 Å². The van der Waals surface area contributed by atoms with Gasteiger partial charge in [0, 0.05) is 34.6 Å². The van der Waals surface area contributed by atoms with Gasteiger partial charge in [0.05, 0.1) is 12.1 Å². The Bertz CT molecular complexity index is 3510. The number of nitrogens with zero attached hydrogens (tertiary/aromatic N) is 2. The first kappa shape index (κ1) is 46.4. The lowest BCUT2D eigenvalue weighted by molar-refractivity contribution is 0.199. The van der Waals surface area contributed by atoms with Crippen LogP contribution in [0.25, 0.3) is 27.8 Å². The summed E-state index contributed by atoms with van der Waals surface area (Å²) in [5, 5.41) is 0. The third kappa shape index (κ3) is 7.55. The van der Waals surface area contributed by atoms with E-state index in [4.69, 9.17) is 0 Å². The second kappa shape index (κ2) is 18.1. The average molecular weight is 989 g/mol. The quantitative estimate of drug-likeness (QED) is 0.130. The van der Waals surface area contributed by atoms with Gasteiger partial charge in [-0.3, -0.25) is 0 Å². The number of hydrogen-bond acceptors (Lipinski definition) is 2. The summed E-state index contributed by atoms with van der Waals surface area (Å²) in [6.07, 6.45) is 27.9. The third-order valence-electron chi connectivity index (χ3n) is 20.3. The molecule has 6 unspecified atom stereocenters. The lowest BCUT2D eigenvalue weighted by Gasteiger charge is -2.54. The van der Waals surface area contributed by atoms with Crippen LogP contribution in [-0.4, -0.2) is 17.0 Å². The molecule has 10 aliphatic rings. The molecule has 0 saturated heterocycles. The standard InChI is InChI=1S/C74H72N2/c1-46(2)66-71-61-40-39-60-65(75(55-31-25-50(26-32-55)47-17-9-5-10-18-47)58-37-38-59-62(44-58)67(59)53-23-15-8-16-24-53)43-54-41-42-74(3,4)64-45-63(69(61)70(60)68(54)64)73(72(66)71)76(56-33-27-51(28-34-56)48-19-11-6-12-20-48)57-35-29-52(30-36-57)49-21-13-7-14-22-49/h5-29,31-33,35,44,46,56,59,64-66,71-72H,30,34,36-43,45H2,1-4H3/t56?,59?,64?,65?,66?,71?,72-/m1/s1. The van der Waals surface area contributed by atoms with Gasteiger partial charge in [-0.15, -0.1) is 0 Å². The Morgan fingerprint density at radius 3 is 1.91 bits per heavy atom. The van der Waals surface area contributed by atoms with Crippen LogP contribution >= 0.6 is 0 Å². The molecule has 0 amide bonds. The summed E-state index contributed by atoms with van der Waals surface area (Å²) in [6, 6.07) is 54.8. The molecule has 10 aliphatic carbocycles. The second-order valence-electron chi connectivity index (χ2n) is 25.0. The molecule has 2 fully saturated rings. The SMILES string of the molecule is CC(C)C1C2C3=C4C(=C(N(C5=CC=C(c6ccccc6)CC5)C5C=CC(c6ccccc6)=CC5)[C@@H]21)CC1C2=C(CCC1(C)C)CC(N(C1=CC5=C(c6ccccc6)C5CC1)c1ccc(-c5ccccc5)cc1)C(=C42)CC3. The van der Waals surface area contributed by atoms with Gasteiger partial charge < -0.3 is 9.80 Å². The molecule has 0 spiro atoms. The highest BCUT2D eigenvalue weighted by atomic mass is 15.2. The van der Waals surface area contributed by atoms with E-state index >= 15 is 0 Å². The molecule has 5 aromatic carbocycles. The van der Waals surface area contributed by atoms with Crippen molar-refractivity contribution in [2.75, 3.05) is 4.90 Å². The Kier molecular flexibility index (Phi) is 11.1. The number of allylic oxidation sites excluding steroid dienone is 16. The monoisotopic (exact) mass is 989 g/mol. The van der Waals surface area contributed by atoms with Gasteiger partial charge in [0.15, 0.2) is 0 Å². The molecule has 0 N–H and O–H groups in total. The first-order chi connectivity index (χ1) is 37.3. The average Bonchev–Trinajstić information content (AvgIpc) is 4.55. The van der Waals surface area contributed by atoms with Crippen molar-refractivity contribution in [3.63, 3.8) is 0 Å². The maximum Gasteiger partial charge on any atom is 0.0594 e. The van der Waals surface area contributed by atoms with E-state index in [9.17, 15) is 0 Å². The molecule has 7 atom stereocenters. The van der Waals surface area contributed by atoms with Crippen molar-refractivity contribution in [3.05, 3.63) is 260 Å². The molecule has 2 saturated carbocycles. The Labute approximate surface area is 452 Å². The van der Waals surface area contributed by atoms with E-state index in [1.165, 1.54) is 94.6 Å². The van der Waals surface area contributed by atoms with E-state index in [1.54, 1.807) is 50.3 Å². The van der Waals surface area contributed by atoms with E-state index in [0.29, 0.717) is 35.5 Å². The number of rotatable bonds is 11. The van der Waals surface area contributed by atoms with E-state index in [-0.39, 0.29) is 17.5 Å². The van der Waals surface area contributed by atoms with Crippen molar-refractivity contribution < 1.29 is 0 Å². The second-order valence-corrected chi connectivity index (χ2v) is 25.0. The highest BCUT2D eigenvalue weighted by Gasteiger charge is 2.63. The molecule has 2 nitrogen and oxygen atoms in total. The molecule has 5 aromatic rings. The van der Waals surface area contributed by atoms with Crippen LogP contribution in [-0.2, 0) is 0 Å². The zero-order chi connectivity index (χ0) is 50.8. The molecule has 2 heteroatoms. The molecule has 76 heavy (non-hydrogen) atoms. The first-order valence-electron chi connectivity index (χ1n) is 29.3. The Hall–Kier alpha value is -6.90. The normalized spacial score (nSPS) is 27.5. The highest BCUT2D eigenvalue weighted by molar-refractivity contribution is 5.89. The molecular weight excluding hydrogens is 917 g/mol. The van der Waals surface area contributed by atoms with Gasteiger partial charge in [-0.1, -0.05) is 197 Å². The number of anilines is 1. The van der Waals surface area contributed by atoms with Gasteiger partial charge in [-0.05, 0) is 202 Å². The van der Waals surface area contributed by atoms with Crippen LogP contribution in [0.1, 0.15) is 115 Å². The van der Waals surface area contributed by atoms with Crippen LogP contribution in [0.3, 0.4) is 0 Å². The molecule has 0 radical (unpaired) electrons. The molecule has 15 rings (SSSR count). The van der Waals surface area contributed by atoms with Gasteiger partial charge in [0.2, 0.25) is 0 Å². The van der Waals surface area contributed by atoms with E-state index < -0.39 is 0 Å². The van der Waals surface area contributed by atoms with Crippen molar-refractivity contribution >= 4 is 22.4 Å². The van der Waals surface area contributed by atoms with Crippen LogP contribution in [0, 0.1) is 40.9 Å². The van der Waals surface area contributed by atoms with Crippen molar-refractivity contribution in [1.82, 2.24) is 4.90 Å². The largest absolute Gasteiger partial charge is 0.341 e. The summed E-state index contributed by atoms with van der Waals surface area (Å²) < 4.78 is 0. The Balaban J connectivity index is 0.914. The molecule has 378 valence electrons. The Morgan fingerprint density at radius 1 is 0.566 bits per heavy atom. The summed E-state index contributed by atoms with van der Waals surface area (Å²) in [7, 11) is 0. The van der Waals surface area contributed by atoms with Gasteiger partial charge in [0.1, 0.15) is 0 Å². The zero-order valence-corrected chi connectivity index (χ0v) is 45.1. The molecule has 0 heterocycles. The molecule has 0 bridgehead atoms. The summed E-state index contributed by atoms with van der Waals surface area (Å²) in [5.74, 6) is 3.56. The fraction of sp³-hybridized carbons (Fsp3) is 0.324. The van der Waals surface area contributed by atoms with Crippen LogP contribution in [0.4, 0.5) is 5.69 Å². The van der Waals surface area contributed by atoms with Crippen molar-refractivity contribution in [1.29, 1.82) is 0 Å².